The molecule has 0 aliphatic carbocycles. The standard InChI is InChI=1S/C24H21FN4O4S/c1-2-14-4-3-5-18-15(11-28(22(14)18)12-20(26)30)10-19-23(32)29(24(33)34-19)13-21(31)27-17-8-6-16(25)7-9-17/h3-11H,2,12-13H2,1H3,(H2,26,30)(H,27,31)/b19-10-. The molecule has 4 amide bonds. The SMILES string of the molecule is CCc1cccc2c(/C=C3\SC(=O)N(CC(=O)Nc4ccc(F)cc4)C3=O)cn(CC(N)=O)c12. The molecule has 1 saturated heterocycles. The largest absolute Gasteiger partial charge is 0.368 e. The molecule has 8 nitrogen and oxygen atoms in total. The fraction of sp³-hybridized carbons (Fsp3) is 0.167. The van der Waals surface area contributed by atoms with E-state index in [0.29, 0.717) is 11.3 Å². The molecule has 34 heavy (non-hydrogen) atoms. The van der Waals surface area contributed by atoms with Crippen LogP contribution < -0.4 is 11.1 Å². The Morgan fingerprint density at radius 2 is 1.85 bits per heavy atom. The maximum absolute atomic E-state index is 13.0. The number of anilines is 1. The minimum atomic E-state index is -0.591. The topological polar surface area (TPSA) is 114 Å². The van der Waals surface area contributed by atoms with Crippen LogP contribution in [0, 0.1) is 5.82 Å². The first-order chi connectivity index (χ1) is 16.3. The van der Waals surface area contributed by atoms with Crippen LogP contribution in [0.15, 0.2) is 53.6 Å². The molecule has 0 spiro atoms. The number of carbonyl (C=O) groups is 4. The number of nitrogens with zero attached hydrogens (tertiary/aromatic N) is 2. The fourth-order valence-electron chi connectivity index (χ4n) is 3.81. The highest BCUT2D eigenvalue weighted by molar-refractivity contribution is 8.18. The Hall–Kier alpha value is -3.92. The fourth-order valence-corrected chi connectivity index (χ4v) is 4.64. The number of para-hydroxylation sites is 1. The average Bonchev–Trinajstić information content (AvgIpc) is 3.27. The number of nitrogens with one attached hydrogen (secondary N) is 1. The van der Waals surface area contributed by atoms with Crippen molar-refractivity contribution in [2.24, 2.45) is 5.73 Å². The molecule has 3 aromatic rings. The second-order valence-electron chi connectivity index (χ2n) is 7.67. The van der Waals surface area contributed by atoms with Crippen molar-refractivity contribution in [3.05, 3.63) is 70.5 Å². The third-order valence-corrected chi connectivity index (χ3v) is 6.22. The van der Waals surface area contributed by atoms with Gasteiger partial charge in [0.1, 0.15) is 18.9 Å². The Kier molecular flexibility index (Phi) is 6.51. The lowest BCUT2D eigenvalue weighted by Crippen LogP contribution is -2.36. The van der Waals surface area contributed by atoms with Gasteiger partial charge < -0.3 is 15.6 Å². The molecule has 0 unspecified atom stereocenters. The van der Waals surface area contributed by atoms with Crippen LogP contribution in [-0.4, -0.2) is 39.0 Å². The van der Waals surface area contributed by atoms with Gasteiger partial charge in [-0.1, -0.05) is 25.1 Å². The summed E-state index contributed by atoms with van der Waals surface area (Å²) in [5.41, 5.74) is 8.27. The van der Waals surface area contributed by atoms with E-state index in [2.05, 4.69) is 5.32 Å². The van der Waals surface area contributed by atoms with Gasteiger partial charge in [-0.25, -0.2) is 4.39 Å². The zero-order chi connectivity index (χ0) is 24.4. The molecular formula is C24H21FN4O4S. The average molecular weight is 481 g/mol. The van der Waals surface area contributed by atoms with Crippen LogP contribution in [0.5, 0.6) is 0 Å². The van der Waals surface area contributed by atoms with Crippen molar-refractivity contribution in [3.63, 3.8) is 0 Å². The van der Waals surface area contributed by atoms with Crippen LogP contribution in [-0.2, 0) is 27.3 Å². The van der Waals surface area contributed by atoms with E-state index < -0.39 is 35.3 Å². The lowest BCUT2D eigenvalue weighted by atomic mass is 10.1. The molecule has 1 aliphatic heterocycles. The van der Waals surface area contributed by atoms with Gasteiger partial charge in [0.05, 0.1) is 10.4 Å². The Labute approximate surface area is 198 Å². The molecule has 4 rings (SSSR count). The second kappa shape index (κ2) is 9.52. The highest BCUT2D eigenvalue weighted by Crippen LogP contribution is 2.34. The van der Waals surface area contributed by atoms with Gasteiger partial charge in [0, 0.05) is 22.8 Å². The molecule has 2 aromatic carbocycles. The highest BCUT2D eigenvalue weighted by Gasteiger charge is 2.36. The van der Waals surface area contributed by atoms with E-state index in [-0.39, 0.29) is 11.4 Å². The number of hydrogen-bond acceptors (Lipinski definition) is 5. The number of halogens is 1. The van der Waals surface area contributed by atoms with Gasteiger partial charge in [-0.2, -0.15) is 0 Å². The van der Waals surface area contributed by atoms with Gasteiger partial charge in [0.25, 0.3) is 11.1 Å². The summed E-state index contributed by atoms with van der Waals surface area (Å²) in [6.07, 6.45) is 4.05. The predicted octanol–water partition coefficient (Wildman–Crippen LogP) is 3.50. The van der Waals surface area contributed by atoms with Gasteiger partial charge in [0.2, 0.25) is 11.8 Å². The van der Waals surface area contributed by atoms with Crippen LogP contribution in [0.2, 0.25) is 0 Å². The molecule has 10 heteroatoms. The normalized spacial score (nSPS) is 14.9. The lowest BCUT2D eigenvalue weighted by Gasteiger charge is -2.12. The summed E-state index contributed by atoms with van der Waals surface area (Å²) in [4.78, 5) is 50.3. The van der Waals surface area contributed by atoms with Crippen molar-refractivity contribution in [2.75, 3.05) is 11.9 Å². The number of hydrogen-bond donors (Lipinski definition) is 2. The van der Waals surface area contributed by atoms with Crippen LogP contribution in [0.3, 0.4) is 0 Å². The Morgan fingerprint density at radius 3 is 2.53 bits per heavy atom. The van der Waals surface area contributed by atoms with Gasteiger partial charge in [-0.05, 0) is 54.1 Å². The number of fused-ring (bicyclic) bond motifs is 1. The van der Waals surface area contributed by atoms with E-state index in [0.717, 1.165) is 39.5 Å². The van der Waals surface area contributed by atoms with Crippen molar-refractivity contribution in [2.45, 2.75) is 19.9 Å². The minimum absolute atomic E-state index is 0.0214. The molecule has 2 heterocycles. The summed E-state index contributed by atoms with van der Waals surface area (Å²) in [5.74, 6) is -2.12. The van der Waals surface area contributed by atoms with E-state index >= 15 is 0 Å². The van der Waals surface area contributed by atoms with Crippen LogP contribution in [0.25, 0.3) is 17.0 Å². The number of imide groups is 1. The molecule has 0 atom stereocenters. The first kappa shape index (κ1) is 23.2. The van der Waals surface area contributed by atoms with Gasteiger partial charge in [-0.15, -0.1) is 0 Å². The Balaban J connectivity index is 1.59. The summed E-state index contributed by atoms with van der Waals surface area (Å²) in [6.45, 7) is 1.51. The maximum atomic E-state index is 13.0. The van der Waals surface area contributed by atoms with Crippen LogP contribution in [0.1, 0.15) is 18.1 Å². The van der Waals surface area contributed by atoms with E-state index in [9.17, 15) is 23.6 Å². The summed E-state index contributed by atoms with van der Waals surface area (Å²) in [7, 11) is 0. The monoisotopic (exact) mass is 480 g/mol. The van der Waals surface area contributed by atoms with Gasteiger partial charge in [0.15, 0.2) is 0 Å². The number of aryl methyl sites for hydroxylation is 1. The second-order valence-corrected chi connectivity index (χ2v) is 8.66. The van der Waals surface area contributed by atoms with Crippen molar-refractivity contribution >= 4 is 57.4 Å². The third kappa shape index (κ3) is 4.72. The van der Waals surface area contributed by atoms with E-state index in [1.165, 1.54) is 24.3 Å². The first-order valence-electron chi connectivity index (χ1n) is 10.5. The summed E-state index contributed by atoms with van der Waals surface area (Å²) in [6, 6.07) is 10.9. The molecule has 174 valence electrons. The van der Waals surface area contributed by atoms with Crippen LogP contribution in [0.4, 0.5) is 14.9 Å². The highest BCUT2D eigenvalue weighted by atomic mass is 32.2. The molecule has 0 bridgehead atoms. The maximum Gasteiger partial charge on any atom is 0.294 e. The lowest BCUT2D eigenvalue weighted by molar-refractivity contribution is -0.127. The number of nitrogens with two attached hydrogens (primary N) is 1. The Bertz CT molecular complexity index is 1350. The van der Waals surface area contributed by atoms with Crippen molar-refractivity contribution < 1.29 is 23.6 Å². The number of rotatable bonds is 7. The molecule has 0 saturated carbocycles. The van der Waals surface area contributed by atoms with Crippen molar-refractivity contribution in [3.8, 4) is 0 Å². The number of amides is 4. The first-order valence-corrected chi connectivity index (χ1v) is 11.3. The number of primary amides is 1. The minimum Gasteiger partial charge on any atom is -0.368 e. The Morgan fingerprint density at radius 1 is 1.12 bits per heavy atom. The number of carbonyl (C=O) groups excluding carboxylic acids is 4. The van der Waals surface area contributed by atoms with Gasteiger partial charge >= 0.3 is 0 Å². The van der Waals surface area contributed by atoms with Crippen LogP contribution >= 0.6 is 11.8 Å². The van der Waals surface area contributed by atoms with E-state index in [1.54, 1.807) is 16.8 Å². The molecule has 3 N–H and O–H groups in total. The molecule has 1 aromatic heterocycles. The van der Waals surface area contributed by atoms with E-state index in [1.807, 2.05) is 25.1 Å². The number of aromatic nitrogens is 1. The zero-order valence-corrected chi connectivity index (χ0v) is 19.0. The molecule has 0 radical (unpaired) electrons. The summed E-state index contributed by atoms with van der Waals surface area (Å²) >= 11 is 0.737. The predicted molar refractivity (Wildman–Crippen MR) is 128 cm³/mol. The zero-order valence-electron chi connectivity index (χ0n) is 18.2. The molecular weight excluding hydrogens is 459 g/mol. The molecule has 1 fully saturated rings. The third-order valence-electron chi connectivity index (χ3n) is 5.31. The molecule has 1 aliphatic rings. The number of thioether (sulfide) groups is 1. The smallest absolute Gasteiger partial charge is 0.294 e. The van der Waals surface area contributed by atoms with Crippen molar-refractivity contribution in [1.82, 2.24) is 9.47 Å². The summed E-state index contributed by atoms with van der Waals surface area (Å²) < 4.78 is 14.8. The summed E-state index contributed by atoms with van der Waals surface area (Å²) in [5, 5.41) is 2.78. The van der Waals surface area contributed by atoms with Gasteiger partial charge in [-0.3, -0.25) is 24.1 Å². The van der Waals surface area contributed by atoms with E-state index in [4.69, 9.17) is 5.73 Å². The number of benzene rings is 2. The van der Waals surface area contributed by atoms with Crippen molar-refractivity contribution in [1.29, 1.82) is 0 Å². The quantitative estimate of drug-likeness (QED) is 0.503.